The Hall–Kier alpha value is -2.37. The monoisotopic (exact) mass is 315 g/mol. The highest BCUT2D eigenvalue weighted by molar-refractivity contribution is 5.77. The van der Waals surface area contributed by atoms with Gasteiger partial charge in [-0.25, -0.2) is 0 Å². The van der Waals surface area contributed by atoms with Crippen molar-refractivity contribution in [2.45, 2.75) is 44.7 Å². The second-order valence-electron chi connectivity index (χ2n) is 6.11. The molecule has 0 unspecified atom stereocenters. The van der Waals surface area contributed by atoms with Crippen molar-refractivity contribution < 1.29 is 4.79 Å². The van der Waals surface area contributed by atoms with E-state index in [0.29, 0.717) is 11.0 Å². The molecule has 1 aromatic heterocycles. The number of amides is 1. The van der Waals surface area contributed by atoms with E-state index in [0.717, 1.165) is 25.7 Å². The van der Waals surface area contributed by atoms with Crippen molar-refractivity contribution in [1.29, 1.82) is 0 Å². The van der Waals surface area contributed by atoms with Gasteiger partial charge in [0.15, 0.2) is 0 Å². The van der Waals surface area contributed by atoms with Crippen molar-refractivity contribution >= 4 is 16.9 Å². The van der Waals surface area contributed by atoms with Crippen LogP contribution in [0.1, 0.15) is 32.1 Å². The van der Waals surface area contributed by atoms with E-state index in [1.54, 1.807) is 19.2 Å². The van der Waals surface area contributed by atoms with Gasteiger partial charge < -0.3 is 14.5 Å². The Morgan fingerprint density at radius 1 is 1.13 bits per heavy atom. The Balaban J connectivity index is 1.84. The van der Waals surface area contributed by atoms with Gasteiger partial charge in [0.2, 0.25) is 5.91 Å². The molecule has 0 saturated heterocycles. The number of nitrogens with one attached hydrogen (secondary N) is 1. The average molecular weight is 315 g/mol. The maximum absolute atomic E-state index is 12.3. The normalized spacial score (nSPS) is 15.2. The van der Waals surface area contributed by atoms with Crippen molar-refractivity contribution in [2.24, 2.45) is 7.05 Å². The summed E-state index contributed by atoms with van der Waals surface area (Å²) in [7, 11) is 1.59. The molecule has 1 amide bonds. The van der Waals surface area contributed by atoms with E-state index < -0.39 is 11.1 Å². The predicted octanol–water partition coefficient (Wildman–Crippen LogP) is 1.15. The minimum atomic E-state index is -0.583. The zero-order valence-electron chi connectivity index (χ0n) is 13.2. The summed E-state index contributed by atoms with van der Waals surface area (Å²) in [5, 5.41) is 3.00. The number of aromatic nitrogens is 2. The summed E-state index contributed by atoms with van der Waals surface area (Å²) >= 11 is 0. The largest absolute Gasteiger partial charge is 0.353 e. The van der Waals surface area contributed by atoms with E-state index in [9.17, 15) is 14.4 Å². The molecule has 122 valence electrons. The quantitative estimate of drug-likeness (QED) is 0.860. The summed E-state index contributed by atoms with van der Waals surface area (Å²) in [4.78, 5) is 36.4. The van der Waals surface area contributed by atoms with Crippen LogP contribution in [0.15, 0.2) is 33.9 Å². The predicted molar refractivity (Wildman–Crippen MR) is 88.5 cm³/mol. The van der Waals surface area contributed by atoms with E-state index in [-0.39, 0.29) is 24.9 Å². The lowest BCUT2D eigenvalue weighted by Gasteiger charge is -2.14. The fourth-order valence-corrected chi connectivity index (χ4v) is 3.26. The molecule has 1 aliphatic rings. The molecule has 2 aromatic rings. The van der Waals surface area contributed by atoms with Crippen molar-refractivity contribution in [3.8, 4) is 0 Å². The Morgan fingerprint density at radius 3 is 2.48 bits per heavy atom. The van der Waals surface area contributed by atoms with E-state index >= 15 is 0 Å². The van der Waals surface area contributed by atoms with Crippen LogP contribution in [0.2, 0.25) is 0 Å². The van der Waals surface area contributed by atoms with Gasteiger partial charge >= 0.3 is 11.1 Å². The second kappa shape index (κ2) is 6.40. The van der Waals surface area contributed by atoms with Crippen LogP contribution in [0.5, 0.6) is 0 Å². The van der Waals surface area contributed by atoms with Gasteiger partial charge in [0.25, 0.3) is 0 Å². The van der Waals surface area contributed by atoms with E-state index in [1.807, 2.05) is 12.1 Å². The Kier molecular flexibility index (Phi) is 4.32. The zero-order chi connectivity index (χ0) is 16.4. The maximum atomic E-state index is 12.3. The third kappa shape index (κ3) is 3.06. The average Bonchev–Trinajstić information content (AvgIpc) is 3.05. The van der Waals surface area contributed by atoms with Crippen LogP contribution >= 0.6 is 0 Å². The number of nitrogens with zero attached hydrogens (tertiary/aromatic N) is 2. The van der Waals surface area contributed by atoms with Crippen molar-refractivity contribution in [2.75, 3.05) is 0 Å². The minimum Gasteiger partial charge on any atom is -0.353 e. The number of carbonyl (C=O) groups is 1. The molecular formula is C17H21N3O3. The lowest BCUT2D eigenvalue weighted by atomic mass is 10.2. The molecule has 0 aliphatic heterocycles. The van der Waals surface area contributed by atoms with Crippen LogP contribution in [0.4, 0.5) is 0 Å². The summed E-state index contributed by atoms with van der Waals surface area (Å²) in [6, 6.07) is 7.50. The smallest absolute Gasteiger partial charge is 0.316 e. The van der Waals surface area contributed by atoms with Crippen molar-refractivity contribution in [3.05, 3.63) is 45.0 Å². The van der Waals surface area contributed by atoms with Gasteiger partial charge in [0.05, 0.1) is 11.0 Å². The Morgan fingerprint density at radius 2 is 1.78 bits per heavy atom. The lowest BCUT2D eigenvalue weighted by molar-refractivity contribution is -0.121. The van der Waals surface area contributed by atoms with Crippen molar-refractivity contribution in [3.63, 3.8) is 0 Å². The molecule has 3 rings (SSSR count). The van der Waals surface area contributed by atoms with Gasteiger partial charge in [-0.3, -0.25) is 14.4 Å². The van der Waals surface area contributed by atoms with E-state index in [4.69, 9.17) is 0 Å². The first kappa shape index (κ1) is 15.5. The third-order valence-electron chi connectivity index (χ3n) is 4.55. The summed E-state index contributed by atoms with van der Waals surface area (Å²) in [5.74, 6) is -0.0615. The molecule has 23 heavy (non-hydrogen) atoms. The number of benzene rings is 1. The molecule has 0 atom stereocenters. The van der Waals surface area contributed by atoms with E-state index in [1.165, 1.54) is 9.13 Å². The number of hydrogen-bond donors (Lipinski definition) is 1. The van der Waals surface area contributed by atoms with Gasteiger partial charge in [0.1, 0.15) is 0 Å². The van der Waals surface area contributed by atoms with Crippen LogP contribution in [-0.4, -0.2) is 21.1 Å². The zero-order valence-corrected chi connectivity index (χ0v) is 13.2. The number of rotatable bonds is 4. The van der Waals surface area contributed by atoms with Crippen LogP contribution < -0.4 is 16.4 Å². The first-order valence-corrected chi connectivity index (χ1v) is 8.06. The van der Waals surface area contributed by atoms with Crippen LogP contribution in [0.25, 0.3) is 11.0 Å². The topological polar surface area (TPSA) is 73.1 Å². The summed E-state index contributed by atoms with van der Waals surface area (Å²) in [6.45, 7) is 0.216. The highest BCUT2D eigenvalue weighted by Gasteiger charge is 2.17. The molecule has 1 fully saturated rings. The highest BCUT2D eigenvalue weighted by Crippen LogP contribution is 2.17. The number of aryl methyl sites for hydroxylation is 2. The third-order valence-corrected chi connectivity index (χ3v) is 4.55. The summed E-state index contributed by atoms with van der Waals surface area (Å²) in [5.41, 5.74) is 0.210. The summed E-state index contributed by atoms with van der Waals surface area (Å²) in [6.07, 6.45) is 4.57. The molecule has 1 aromatic carbocycles. The van der Waals surface area contributed by atoms with Gasteiger partial charge in [-0.15, -0.1) is 0 Å². The molecule has 0 spiro atoms. The van der Waals surface area contributed by atoms with Gasteiger partial charge in [-0.05, 0) is 25.0 Å². The second-order valence-corrected chi connectivity index (χ2v) is 6.11. The molecule has 1 N–H and O–H groups in total. The molecule has 6 heteroatoms. The molecular weight excluding hydrogens is 294 g/mol. The maximum Gasteiger partial charge on any atom is 0.316 e. The molecule has 1 aliphatic carbocycles. The first-order valence-electron chi connectivity index (χ1n) is 8.06. The van der Waals surface area contributed by atoms with Gasteiger partial charge in [-0.1, -0.05) is 25.0 Å². The standard InChI is InChI=1S/C17H21N3O3/c1-19-13-8-4-5-9-14(13)20(17(23)16(19)22)11-10-15(21)18-12-6-2-3-7-12/h4-5,8-9,12H,2-3,6-7,10-11H2,1H3,(H,18,21). The molecule has 0 bridgehead atoms. The lowest BCUT2D eigenvalue weighted by Crippen LogP contribution is -2.41. The number of carbonyl (C=O) groups excluding carboxylic acids is 1. The Labute approximate surface area is 133 Å². The first-order chi connectivity index (χ1) is 11.1. The highest BCUT2D eigenvalue weighted by atomic mass is 16.2. The molecule has 1 saturated carbocycles. The Bertz CT molecular complexity index is 844. The van der Waals surface area contributed by atoms with E-state index in [2.05, 4.69) is 5.32 Å². The van der Waals surface area contributed by atoms with Gasteiger partial charge in [0, 0.05) is 26.1 Å². The fraction of sp³-hybridized carbons (Fsp3) is 0.471. The number of fused-ring (bicyclic) bond motifs is 1. The SMILES string of the molecule is Cn1c(=O)c(=O)n(CCC(=O)NC2CCCC2)c2ccccc21. The molecule has 1 heterocycles. The van der Waals surface area contributed by atoms with Crippen molar-refractivity contribution in [1.82, 2.24) is 14.5 Å². The molecule has 6 nitrogen and oxygen atoms in total. The number of hydrogen-bond acceptors (Lipinski definition) is 3. The summed E-state index contributed by atoms with van der Waals surface area (Å²) < 4.78 is 2.76. The molecule has 0 radical (unpaired) electrons. The van der Waals surface area contributed by atoms with Crippen LogP contribution in [0.3, 0.4) is 0 Å². The van der Waals surface area contributed by atoms with Crippen LogP contribution in [0, 0.1) is 0 Å². The fourth-order valence-electron chi connectivity index (χ4n) is 3.26. The van der Waals surface area contributed by atoms with Gasteiger partial charge in [-0.2, -0.15) is 0 Å². The number of para-hydroxylation sites is 2. The van der Waals surface area contributed by atoms with Crippen LogP contribution in [-0.2, 0) is 18.4 Å². The minimum absolute atomic E-state index is 0.0615.